The fourth-order valence-electron chi connectivity index (χ4n) is 4.34. The Balaban J connectivity index is 0.00000240. The van der Waals surface area contributed by atoms with E-state index in [4.69, 9.17) is 0 Å². The lowest BCUT2D eigenvalue weighted by Gasteiger charge is -2.39. The molecule has 1 amide bonds. The molecule has 4 rings (SSSR count). The molecule has 0 aromatic heterocycles. The van der Waals surface area contributed by atoms with Crippen molar-refractivity contribution in [3.63, 3.8) is 0 Å². The molecule has 0 bridgehead atoms. The van der Waals surface area contributed by atoms with E-state index in [1.54, 1.807) is 24.3 Å². The number of nitrogens with one attached hydrogen (secondary N) is 1. The molecule has 2 saturated heterocycles. The van der Waals surface area contributed by atoms with Crippen molar-refractivity contribution in [1.29, 1.82) is 0 Å². The average Bonchev–Trinajstić information content (AvgIpc) is 3.15. The minimum Gasteiger partial charge on any atom is -0.339 e. The van der Waals surface area contributed by atoms with Gasteiger partial charge in [0.25, 0.3) is 5.91 Å². The zero-order valence-electron chi connectivity index (χ0n) is 16.0. The summed E-state index contributed by atoms with van der Waals surface area (Å²) >= 11 is 0. The SMILES string of the molecule is Cl.O=C(c1ccccc1-c1ccc(C(F)(F)F)cc1)N1CCC2(CCNC2)CC1. The van der Waals surface area contributed by atoms with Crippen LogP contribution in [0.3, 0.4) is 0 Å². The van der Waals surface area contributed by atoms with Crippen LogP contribution >= 0.6 is 12.4 Å². The Labute approximate surface area is 174 Å². The summed E-state index contributed by atoms with van der Waals surface area (Å²) in [7, 11) is 0. The van der Waals surface area contributed by atoms with Crippen molar-refractivity contribution in [3.8, 4) is 11.1 Å². The Morgan fingerprint density at radius 1 is 0.966 bits per heavy atom. The lowest BCUT2D eigenvalue weighted by Crippen LogP contribution is -2.44. The predicted molar refractivity (Wildman–Crippen MR) is 109 cm³/mol. The number of hydrogen-bond acceptors (Lipinski definition) is 2. The van der Waals surface area contributed by atoms with Crippen molar-refractivity contribution < 1.29 is 18.0 Å². The fourth-order valence-corrected chi connectivity index (χ4v) is 4.34. The molecular formula is C22H24ClF3N2O. The maximum Gasteiger partial charge on any atom is 0.416 e. The van der Waals surface area contributed by atoms with Gasteiger partial charge in [-0.05, 0) is 60.5 Å². The molecule has 7 heteroatoms. The summed E-state index contributed by atoms with van der Waals surface area (Å²) in [4.78, 5) is 15.0. The van der Waals surface area contributed by atoms with Crippen molar-refractivity contribution in [2.45, 2.75) is 25.4 Å². The Morgan fingerprint density at radius 3 is 2.21 bits per heavy atom. The monoisotopic (exact) mass is 424 g/mol. The van der Waals surface area contributed by atoms with E-state index < -0.39 is 11.7 Å². The molecule has 0 saturated carbocycles. The third-order valence-corrected chi connectivity index (χ3v) is 6.12. The molecule has 2 aromatic rings. The minimum atomic E-state index is -4.37. The Hall–Kier alpha value is -2.05. The average molecular weight is 425 g/mol. The van der Waals surface area contributed by atoms with Crippen LogP contribution in [0.2, 0.25) is 0 Å². The second-order valence-corrected chi connectivity index (χ2v) is 7.84. The highest BCUT2D eigenvalue weighted by molar-refractivity contribution is 6.01. The first kappa shape index (κ1) is 21.7. The molecule has 2 aromatic carbocycles. The van der Waals surface area contributed by atoms with E-state index in [2.05, 4.69) is 5.32 Å². The van der Waals surface area contributed by atoms with E-state index in [-0.39, 0.29) is 18.3 Å². The summed E-state index contributed by atoms with van der Waals surface area (Å²) < 4.78 is 38.5. The van der Waals surface area contributed by atoms with Crippen LogP contribution in [0.15, 0.2) is 48.5 Å². The molecule has 0 atom stereocenters. The van der Waals surface area contributed by atoms with Gasteiger partial charge in [0.05, 0.1) is 5.56 Å². The predicted octanol–water partition coefficient (Wildman–Crippen LogP) is 5.01. The Kier molecular flexibility index (Phi) is 6.24. The van der Waals surface area contributed by atoms with Crippen LogP contribution in [0, 0.1) is 5.41 Å². The lowest BCUT2D eigenvalue weighted by atomic mass is 9.77. The molecule has 156 valence electrons. The molecule has 1 N–H and O–H groups in total. The first-order chi connectivity index (χ1) is 13.4. The Morgan fingerprint density at radius 2 is 1.62 bits per heavy atom. The van der Waals surface area contributed by atoms with E-state index in [1.807, 2.05) is 4.90 Å². The van der Waals surface area contributed by atoms with Crippen LogP contribution in [0.1, 0.15) is 35.2 Å². The number of amides is 1. The Bertz CT molecular complexity index is 851. The summed E-state index contributed by atoms with van der Waals surface area (Å²) in [6.07, 6.45) is -1.22. The number of rotatable bonds is 2. The quantitative estimate of drug-likeness (QED) is 0.735. The van der Waals surface area contributed by atoms with Crippen molar-refractivity contribution in [1.82, 2.24) is 10.2 Å². The number of alkyl halides is 3. The summed E-state index contributed by atoms with van der Waals surface area (Å²) in [6, 6.07) is 12.2. The standard InChI is InChI=1S/C22H23F3N2O.ClH/c23-22(24,25)17-7-5-16(6-8-17)18-3-1-2-4-19(18)20(28)27-13-10-21(11-14-27)9-12-26-15-21;/h1-8,26H,9-15H2;1H. The van der Waals surface area contributed by atoms with Gasteiger partial charge < -0.3 is 10.2 Å². The number of likely N-dealkylation sites (tertiary alicyclic amines) is 1. The van der Waals surface area contributed by atoms with Crippen molar-refractivity contribution in [2.75, 3.05) is 26.2 Å². The van der Waals surface area contributed by atoms with Gasteiger partial charge in [-0.1, -0.05) is 30.3 Å². The number of hydrogen-bond donors (Lipinski definition) is 1. The van der Waals surface area contributed by atoms with E-state index in [9.17, 15) is 18.0 Å². The molecule has 0 aliphatic carbocycles. The van der Waals surface area contributed by atoms with Gasteiger partial charge in [0.2, 0.25) is 0 Å². The zero-order chi connectivity index (χ0) is 19.8. The highest BCUT2D eigenvalue weighted by Gasteiger charge is 2.38. The number of nitrogens with zero attached hydrogens (tertiary/aromatic N) is 1. The first-order valence-corrected chi connectivity index (χ1v) is 9.65. The highest BCUT2D eigenvalue weighted by Crippen LogP contribution is 2.38. The largest absolute Gasteiger partial charge is 0.416 e. The molecule has 1 spiro atoms. The van der Waals surface area contributed by atoms with Crippen LogP contribution < -0.4 is 5.32 Å². The van der Waals surface area contributed by atoms with Crippen LogP contribution in [-0.4, -0.2) is 37.0 Å². The summed E-state index contributed by atoms with van der Waals surface area (Å²) in [6.45, 7) is 3.52. The van der Waals surface area contributed by atoms with Crippen molar-refractivity contribution >= 4 is 18.3 Å². The summed E-state index contributed by atoms with van der Waals surface area (Å²) in [5.41, 5.74) is 1.47. The van der Waals surface area contributed by atoms with Gasteiger partial charge >= 0.3 is 6.18 Å². The summed E-state index contributed by atoms with van der Waals surface area (Å²) in [5, 5.41) is 3.42. The lowest BCUT2D eigenvalue weighted by molar-refractivity contribution is -0.137. The smallest absolute Gasteiger partial charge is 0.339 e. The zero-order valence-corrected chi connectivity index (χ0v) is 16.8. The van der Waals surface area contributed by atoms with Crippen molar-refractivity contribution in [2.24, 2.45) is 5.41 Å². The number of carbonyl (C=O) groups excluding carboxylic acids is 1. The van der Waals surface area contributed by atoms with Gasteiger partial charge in [-0.2, -0.15) is 13.2 Å². The number of carbonyl (C=O) groups is 1. The molecule has 2 aliphatic rings. The second-order valence-electron chi connectivity index (χ2n) is 7.84. The number of halogens is 4. The third kappa shape index (κ3) is 4.43. The number of piperidine rings is 1. The van der Waals surface area contributed by atoms with Gasteiger partial charge in [0.1, 0.15) is 0 Å². The number of benzene rings is 2. The van der Waals surface area contributed by atoms with Gasteiger partial charge in [0, 0.05) is 25.2 Å². The molecule has 2 aliphatic heterocycles. The molecule has 2 heterocycles. The fraction of sp³-hybridized carbons (Fsp3) is 0.409. The first-order valence-electron chi connectivity index (χ1n) is 9.65. The molecule has 0 unspecified atom stereocenters. The molecule has 3 nitrogen and oxygen atoms in total. The highest BCUT2D eigenvalue weighted by atomic mass is 35.5. The van der Waals surface area contributed by atoms with Gasteiger partial charge in [-0.15, -0.1) is 12.4 Å². The van der Waals surface area contributed by atoms with Crippen LogP contribution in [0.4, 0.5) is 13.2 Å². The van der Waals surface area contributed by atoms with E-state index in [0.29, 0.717) is 22.1 Å². The van der Waals surface area contributed by atoms with Crippen LogP contribution in [0.5, 0.6) is 0 Å². The normalized spacial score (nSPS) is 18.5. The third-order valence-electron chi connectivity index (χ3n) is 6.12. The van der Waals surface area contributed by atoms with E-state index in [0.717, 1.165) is 57.6 Å². The van der Waals surface area contributed by atoms with Gasteiger partial charge in [-0.25, -0.2) is 0 Å². The van der Waals surface area contributed by atoms with E-state index in [1.165, 1.54) is 12.1 Å². The maximum absolute atomic E-state index is 13.2. The van der Waals surface area contributed by atoms with Gasteiger partial charge in [-0.3, -0.25) is 4.79 Å². The topological polar surface area (TPSA) is 32.3 Å². The second kappa shape index (κ2) is 8.36. The molecule has 29 heavy (non-hydrogen) atoms. The summed E-state index contributed by atoms with van der Waals surface area (Å²) in [5.74, 6) is -0.0451. The molecular weight excluding hydrogens is 401 g/mol. The maximum atomic E-state index is 13.2. The van der Waals surface area contributed by atoms with Crippen LogP contribution in [-0.2, 0) is 6.18 Å². The van der Waals surface area contributed by atoms with E-state index >= 15 is 0 Å². The van der Waals surface area contributed by atoms with Crippen LogP contribution in [0.25, 0.3) is 11.1 Å². The molecule has 0 radical (unpaired) electrons. The van der Waals surface area contributed by atoms with Crippen molar-refractivity contribution in [3.05, 3.63) is 59.7 Å². The van der Waals surface area contributed by atoms with Gasteiger partial charge in [0.15, 0.2) is 0 Å². The molecule has 2 fully saturated rings. The minimum absolute atomic E-state index is 0.